The molecule has 0 fully saturated rings. The fraction of sp³-hybridized carbons (Fsp3) is 0.500. The topological polar surface area (TPSA) is 72.2 Å². The molecule has 0 aliphatic heterocycles. The number of anilines is 1. The van der Waals surface area contributed by atoms with Crippen molar-refractivity contribution in [3.8, 4) is 0 Å². The van der Waals surface area contributed by atoms with Crippen molar-refractivity contribution in [2.75, 3.05) is 23.4 Å². The van der Waals surface area contributed by atoms with Crippen LogP contribution in [0.25, 0.3) is 0 Å². The van der Waals surface area contributed by atoms with Crippen molar-refractivity contribution < 1.29 is 8.42 Å². The van der Waals surface area contributed by atoms with Gasteiger partial charge >= 0.3 is 0 Å². The van der Waals surface area contributed by atoms with E-state index in [2.05, 4.69) is 12.2 Å². The van der Waals surface area contributed by atoms with Crippen LogP contribution in [-0.4, -0.2) is 26.5 Å². The summed E-state index contributed by atoms with van der Waals surface area (Å²) >= 11 is 1.93. The molecule has 0 spiro atoms. The highest BCUT2D eigenvalue weighted by Gasteiger charge is 2.04. The van der Waals surface area contributed by atoms with E-state index in [1.54, 1.807) is 12.1 Å². The molecule has 4 nitrogen and oxygen atoms in total. The third-order valence-corrected chi connectivity index (χ3v) is 4.04. The zero-order valence-electron chi connectivity index (χ0n) is 10.6. The monoisotopic (exact) mass is 288 g/mol. The summed E-state index contributed by atoms with van der Waals surface area (Å²) in [5.41, 5.74) is 1.72. The molecule has 0 bridgehead atoms. The zero-order valence-corrected chi connectivity index (χ0v) is 12.2. The second-order valence-electron chi connectivity index (χ2n) is 3.98. The Morgan fingerprint density at radius 2 is 1.94 bits per heavy atom. The number of hydrogen-bond donors (Lipinski definition) is 2. The molecule has 0 saturated heterocycles. The van der Waals surface area contributed by atoms with E-state index in [1.807, 2.05) is 23.9 Å². The second kappa shape index (κ2) is 7.66. The minimum absolute atomic E-state index is 0.111. The van der Waals surface area contributed by atoms with Gasteiger partial charge in [0.1, 0.15) is 0 Å². The molecule has 1 aromatic rings. The van der Waals surface area contributed by atoms with Crippen molar-refractivity contribution >= 4 is 27.5 Å². The highest BCUT2D eigenvalue weighted by molar-refractivity contribution is 7.99. The lowest BCUT2D eigenvalue weighted by molar-refractivity contribution is 0.597. The Morgan fingerprint density at radius 1 is 1.28 bits per heavy atom. The van der Waals surface area contributed by atoms with Crippen molar-refractivity contribution in [3.63, 3.8) is 0 Å². The minimum atomic E-state index is -3.44. The molecule has 0 aromatic heterocycles. The van der Waals surface area contributed by atoms with E-state index in [1.165, 1.54) is 0 Å². The highest BCUT2D eigenvalue weighted by Crippen LogP contribution is 2.11. The molecule has 0 heterocycles. The number of benzene rings is 1. The van der Waals surface area contributed by atoms with Gasteiger partial charge in [-0.1, -0.05) is 19.1 Å². The SMILES string of the molecule is CCSCCCNc1ccc(CS(N)(=O)=O)cc1. The van der Waals surface area contributed by atoms with Crippen molar-refractivity contribution in [2.24, 2.45) is 5.14 Å². The van der Waals surface area contributed by atoms with Crippen LogP contribution in [0.5, 0.6) is 0 Å². The third kappa shape index (κ3) is 6.88. The molecule has 1 rings (SSSR count). The first-order valence-corrected chi connectivity index (χ1v) is 8.79. The first kappa shape index (κ1) is 15.3. The van der Waals surface area contributed by atoms with E-state index in [4.69, 9.17) is 5.14 Å². The van der Waals surface area contributed by atoms with Gasteiger partial charge in [-0.05, 0) is 35.6 Å². The van der Waals surface area contributed by atoms with Gasteiger partial charge in [0.05, 0.1) is 5.75 Å². The molecular weight excluding hydrogens is 268 g/mol. The number of primary sulfonamides is 1. The average Bonchev–Trinajstić information content (AvgIpc) is 2.29. The molecule has 0 aliphatic rings. The standard InChI is InChI=1S/C12H20N2O2S2/c1-2-17-9-3-8-14-12-6-4-11(5-7-12)10-18(13,15)16/h4-7,14H,2-3,8-10H2,1H3,(H2,13,15,16). The van der Waals surface area contributed by atoms with Gasteiger partial charge in [0.2, 0.25) is 10.0 Å². The van der Waals surface area contributed by atoms with Crippen LogP contribution in [0, 0.1) is 0 Å². The molecule has 6 heteroatoms. The van der Waals surface area contributed by atoms with E-state index < -0.39 is 10.0 Å². The summed E-state index contributed by atoms with van der Waals surface area (Å²) in [6.07, 6.45) is 1.12. The number of thioether (sulfide) groups is 1. The molecule has 3 N–H and O–H groups in total. The predicted octanol–water partition coefficient (Wildman–Crippen LogP) is 2.03. The summed E-state index contributed by atoms with van der Waals surface area (Å²) in [5.74, 6) is 2.20. The second-order valence-corrected chi connectivity index (χ2v) is 6.99. The molecule has 102 valence electrons. The van der Waals surface area contributed by atoms with Gasteiger partial charge in [0.25, 0.3) is 0 Å². The number of nitrogens with two attached hydrogens (primary N) is 1. The van der Waals surface area contributed by atoms with Crippen LogP contribution in [-0.2, 0) is 15.8 Å². The Kier molecular flexibility index (Phi) is 6.52. The Labute approximate surface area is 113 Å². The Hall–Kier alpha value is -0.720. The molecule has 0 atom stereocenters. The van der Waals surface area contributed by atoms with Crippen LogP contribution in [0.3, 0.4) is 0 Å². The van der Waals surface area contributed by atoms with E-state index in [0.29, 0.717) is 5.56 Å². The molecule has 18 heavy (non-hydrogen) atoms. The first-order chi connectivity index (χ1) is 8.51. The number of hydrogen-bond acceptors (Lipinski definition) is 4. The molecular formula is C12H20N2O2S2. The van der Waals surface area contributed by atoms with Crippen LogP contribution in [0.15, 0.2) is 24.3 Å². The van der Waals surface area contributed by atoms with Gasteiger partial charge < -0.3 is 5.32 Å². The third-order valence-electron chi connectivity index (χ3n) is 2.32. The smallest absolute Gasteiger partial charge is 0.213 e. The Morgan fingerprint density at radius 3 is 2.50 bits per heavy atom. The first-order valence-electron chi connectivity index (χ1n) is 5.92. The Balaban J connectivity index is 2.36. The van der Waals surface area contributed by atoms with Crippen LogP contribution >= 0.6 is 11.8 Å². The van der Waals surface area contributed by atoms with Gasteiger partial charge in [-0.25, -0.2) is 13.6 Å². The van der Waals surface area contributed by atoms with E-state index in [0.717, 1.165) is 30.2 Å². The van der Waals surface area contributed by atoms with Gasteiger partial charge in [0.15, 0.2) is 0 Å². The van der Waals surface area contributed by atoms with Gasteiger partial charge in [-0.2, -0.15) is 11.8 Å². The summed E-state index contributed by atoms with van der Waals surface area (Å²) in [5, 5.41) is 8.29. The van der Waals surface area contributed by atoms with Crippen molar-refractivity contribution in [3.05, 3.63) is 29.8 Å². The fourth-order valence-electron chi connectivity index (χ4n) is 1.50. The quantitative estimate of drug-likeness (QED) is 0.718. The van der Waals surface area contributed by atoms with Crippen LogP contribution < -0.4 is 10.5 Å². The predicted molar refractivity (Wildman–Crippen MR) is 79.4 cm³/mol. The fourth-order valence-corrected chi connectivity index (χ4v) is 2.80. The van der Waals surface area contributed by atoms with Crippen molar-refractivity contribution in [1.82, 2.24) is 0 Å². The number of sulfonamides is 1. The Bertz CT molecular complexity index is 444. The van der Waals surface area contributed by atoms with Gasteiger partial charge in [-0.3, -0.25) is 0 Å². The summed E-state index contributed by atoms with van der Waals surface area (Å²) in [6.45, 7) is 3.09. The molecule has 0 radical (unpaired) electrons. The summed E-state index contributed by atoms with van der Waals surface area (Å²) < 4.78 is 21.8. The average molecular weight is 288 g/mol. The zero-order chi connectivity index (χ0) is 13.4. The number of nitrogens with one attached hydrogen (secondary N) is 1. The lowest BCUT2D eigenvalue weighted by Gasteiger charge is -2.07. The molecule has 0 saturated carbocycles. The van der Waals surface area contributed by atoms with Crippen LogP contribution in [0.1, 0.15) is 18.9 Å². The van der Waals surface area contributed by atoms with E-state index >= 15 is 0 Å². The molecule has 0 unspecified atom stereocenters. The maximum atomic E-state index is 10.9. The van der Waals surface area contributed by atoms with Gasteiger partial charge in [0, 0.05) is 12.2 Å². The maximum absolute atomic E-state index is 10.9. The lowest BCUT2D eigenvalue weighted by Crippen LogP contribution is -2.14. The van der Waals surface area contributed by atoms with Crippen molar-refractivity contribution in [2.45, 2.75) is 19.1 Å². The largest absolute Gasteiger partial charge is 0.385 e. The molecule has 0 aliphatic carbocycles. The maximum Gasteiger partial charge on any atom is 0.213 e. The van der Waals surface area contributed by atoms with Gasteiger partial charge in [-0.15, -0.1) is 0 Å². The molecule has 0 amide bonds. The summed E-state index contributed by atoms with van der Waals surface area (Å²) in [4.78, 5) is 0. The lowest BCUT2D eigenvalue weighted by atomic mass is 10.2. The van der Waals surface area contributed by atoms with E-state index in [9.17, 15) is 8.42 Å². The molecule has 1 aromatic carbocycles. The summed E-state index contributed by atoms with van der Waals surface area (Å²) in [7, 11) is -3.44. The van der Waals surface area contributed by atoms with E-state index in [-0.39, 0.29) is 5.75 Å². The van der Waals surface area contributed by atoms with Crippen LogP contribution in [0.4, 0.5) is 5.69 Å². The van der Waals surface area contributed by atoms with Crippen molar-refractivity contribution in [1.29, 1.82) is 0 Å². The minimum Gasteiger partial charge on any atom is -0.385 e. The highest BCUT2D eigenvalue weighted by atomic mass is 32.2. The number of rotatable bonds is 8. The normalized spacial score (nSPS) is 11.4. The summed E-state index contributed by atoms with van der Waals surface area (Å²) in [6, 6.07) is 7.34. The van der Waals surface area contributed by atoms with Crippen LogP contribution in [0.2, 0.25) is 0 Å².